The Bertz CT molecular complexity index is 515. The summed E-state index contributed by atoms with van der Waals surface area (Å²) in [6.07, 6.45) is 0. The highest BCUT2D eigenvalue weighted by molar-refractivity contribution is 5.82. The van der Waals surface area contributed by atoms with Crippen LogP contribution in [0.25, 0.3) is 10.9 Å². The minimum Gasteiger partial charge on any atom is -0.320 e. The van der Waals surface area contributed by atoms with Gasteiger partial charge in [0.15, 0.2) is 0 Å². The van der Waals surface area contributed by atoms with Crippen molar-refractivity contribution >= 4 is 10.9 Å². The van der Waals surface area contributed by atoms with Crippen LogP contribution in [0.5, 0.6) is 0 Å². The Morgan fingerprint density at radius 2 is 2.12 bits per heavy atom. The topological polar surface area (TPSA) is 54.7 Å². The third-order valence-corrected chi connectivity index (χ3v) is 2.08. The van der Waals surface area contributed by atoms with Crippen molar-refractivity contribution in [3.8, 4) is 11.8 Å². The molecule has 16 heavy (non-hydrogen) atoms. The van der Waals surface area contributed by atoms with Crippen molar-refractivity contribution in [2.24, 2.45) is 5.73 Å². The predicted octanol–water partition coefficient (Wildman–Crippen LogP) is 2.21. The zero-order valence-electron chi connectivity index (χ0n) is 9.96. The second-order valence-electron chi connectivity index (χ2n) is 3.09. The molecule has 0 aliphatic rings. The van der Waals surface area contributed by atoms with Gasteiger partial charge >= 0.3 is 0 Å². The van der Waals surface area contributed by atoms with Crippen molar-refractivity contribution in [2.45, 2.75) is 20.8 Å². The second-order valence-corrected chi connectivity index (χ2v) is 3.09. The average Bonchev–Trinajstić information content (AvgIpc) is 2.71. The maximum Gasteiger partial charge on any atom is 0.0936 e. The van der Waals surface area contributed by atoms with Crippen molar-refractivity contribution in [1.82, 2.24) is 10.2 Å². The Hall–Kier alpha value is -1.79. The molecule has 2 aromatic rings. The lowest BCUT2D eigenvalue weighted by Crippen LogP contribution is -1.92. The smallest absolute Gasteiger partial charge is 0.0936 e. The van der Waals surface area contributed by atoms with Gasteiger partial charge in [0.05, 0.1) is 12.1 Å². The van der Waals surface area contributed by atoms with E-state index in [1.807, 2.05) is 39.0 Å². The molecule has 84 valence electrons. The number of nitrogens with zero attached hydrogens (tertiary/aromatic N) is 1. The monoisotopic (exact) mass is 215 g/mol. The van der Waals surface area contributed by atoms with Gasteiger partial charge in [0.25, 0.3) is 0 Å². The first-order valence-electron chi connectivity index (χ1n) is 5.45. The summed E-state index contributed by atoms with van der Waals surface area (Å²) in [4.78, 5) is 0. The molecule has 3 heteroatoms. The highest BCUT2D eigenvalue weighted by Gasteiger charge is 2.00. The van der Waals surface area contributed by atoms with E-state index in [2.05, 4.69) is 22.0 Å². The van der Waals surface area contributed by atoms with E-state index < -0.39 is 0 Å². The summed E-state index contributed by atoms with van der Waals surface area (Å²) >= 11 is 0. The summed E-state index contributed by atoms with van der Waals surface area (Å²) in [6, 6.07) is 5.96. The van der Waals surface area contributed by atoms with E-state index in [0.29, 0.717) is 6.54 Å². The molecule has 2 rings (SSSR count). The first-order chi connectivity index (χ1) is 7.81. The maximum atomic E-state index is 5.30. The Balaban J connectivity index is 0.000000606. The lowest BCUT2D eigenvalue weighted by Gasteiger charge is -1.91. The molecule has 0 fully saturated rings. The van der Waals surface area contributed by atoms with Crippen LogP contribution in [-0.2, 0) is 0 Å². The van der Waals surface area contributed by atoms with E-state index in [-0.39, 0.29) is 0 Å². The highest BCUT2D eigenvalue weighted by atomic mass is 15.1. The maximum absolute atomic E-state index is 5.30. The fraction of sp³-hybridized carbons (Fsp3) is 0.308. The molecule has 0 saturated carbocycles. The molecule has 0 atom stereocenters. The van der Waals surface area contributed by atoms with Crippen molar-refractivity contribution < 1.29 is 0 Å². The molecule has 0 unspecified atom stereocenters. The molecule has 3 N–H and O–H groups in total. The molecule has 0 radical (unpaired) electrons. The van der Waals surface area contributed by atoms with Crippen LogP contribution in [0.1, 0.15) is 25.1 Å². The van der Waals surface area contributed by atoms with Crippen molar-refractivity contribution in [3.63, 3.8) is 0 Å². The fourth-order valence-corrected chi connectivity index (χ4v) is 1.38. The number of nitrogens with one attached hydrogen (secondary N) is 1. The first kappa shape index (κ1) is 12.3. The van der Waals surface area contributed by atoms with Gasteiger partial charge in [-0.3, -0.25) is 5.10 Å². The molecule has 1 aromatic carbocycles. The van der Waals surface area contributed by atoms with E-state index in [1.165, 1.54) is 0 Å². The molecular formula is C13H17N3. The average molecular weight is 215 g/mol. The number of aromatic amines is 1. The standard InChI is InChI=1S/C11H11N3.C2H6/c1-8-10-5-4-9(3-2-6-12)7-11(10)14-13-8;1-2/h4-5,7H,6,12H2,1H3,(H,13,14);1-2H3. The summed E-state index contributed by atoms with van der Waals surface area (Å²) in [6.45, 7) is 6.39. The third kappa shape index (κ3) is 2.62. The minimum absolute atomic E-state index is 0.387. The normalized spacial score (nSPS) is 9.00. The van der Waals surface area contributed by atoms with Gasteiger partial charge in [0.1, 0.15) is 0 Å². The molecule has 0 bridgehead atoms. The van der Waals surface area contributed by atoms with Gasteiger partial charge in [-0.25, -0.2) is 0 Å². The second kappa shape index (κ2) is 5.94. The Morgan fingerprint density at radius 3 is 2.81 bits per heavy atom. The van der Waals surface area contributed by atoms with E-state index in [9.17, 15) is 0 Å². The summed E-state index contributed by atoms with van der Waals surface area (Å²) in [5.41, 5.74) is 8.28. The number of aryl methyl sites for hydroxylation is 1. The number of nitrogens with two attached hydrogens (primary N) is 1. The number of rotatable bonds is 0. The number of benzene rings is 1. The summed E-state index contributed by atoms with van der Waals surface area (Å²) in [7, 11) is 0. The lowest BCUT2D eigenvalue weighted by atomic mass is 10.1. The van der Waals surface area contributed by atoms with E-state index in [1.54, 1.807) is 0 Å². The van der Waals surface area contributed by atoms with Crippen LogP contribution >= 0.6 is 0 Å². The molecule has 1 aromatic heterocycles. The minimum atomic E-state index is 0.387. The molecule has 0 spiro atoms. The highest BCUT2D eigenvalue weighted by Crippen LogP contribution is 2.15. The van der Waals surface area contributed by atoms with Crippen LogP contribution in [-0.4, -0.2) is 16.7 Å². The van der Waals surface area contributed by atoms with E-state index in [4.69, 9.17) is 5.73 Å². The van der Waals surface area contributed by atoms with E-state index >= 15 is 0 Å². The predicted molar refractivity (Wildman–Crippen MR) is 68.1 cm³/mol. The molecule has 0 saturated heterocycles. The molecular weight excluding hydrogens is 198 g/mol. The van der Waals surface area contributed by atoms with Crippen LogP contribution < -0.4 is 5.73 Å². The van der Waals surface area contributed by atoms with Crippen molar-refractivity contribution in [3.05, 3.63) is 29.5 Å². The molecule has 0 amide bonds. The largest absolute Gasteiger partial charge is 0.320 e. The SMILES string of the molecule is CC.Cc1[nH]nc2cc(C#CCN)ccc12. The van der Waals surface area contributed by atoms with Crippen LogP contribution in [0.2, 0.25) is 0 Å². The fourth-order valence-electron chi connectivity index (χ4n) is 1.38. The van der Waals surface area contributed by atoms with Crippen LogP contribution in [0.4, 0.5) is 0 Å². The zero-order valence-corrected chi connectivity index (χ0v) is 9.96. The Morgan fingerprint density at radius 1 is 1.38 bits per heavy atom. The van der Waals surface area contributed by atoms with Gasteiger partial charge < -0.3 is 5.73 Å². The molecule has 0 aliphatic heterocycles. The first-order valence-corrected chi connectivity index (χ1v) is 5.45. The van der Waals surface area contributed by atoms with Crippen molar-refractivity contribution in [1.29, 1.82) is 0 Å². The summed E-state index contributed by atoms with van der Waals surface area (Å²) in [5.74, 6) is 5.79. The number of aromatic nitrogens is 2. The Kier molecular flexibility index (Phi) is 4.56. The van der Waals surface area contributed by atoms with Gasteiger partial charge in [-0.2, -0.15) is 5.10 Å². The number of hydrogen-bond acceptors (Lipinski definition) is 2. The quantitative estimate of drug-likeness (QED) is 0.662. The molecule has 3 nitrogen and oxygen atoms in total. The molecule has 1 heterocycles. The number of fused-ring (bicyclic) bond motifs is 1. The van der Waals surface area contributed by atoms with Gasteiger partial charge in [0.2, 0.25) is 0 Å². The van der Waals surface area contributed by atoms with Gasteiger partial charge in [-0.1, -0.05) is 25.7 Å². The van der Waals surface area contributed by atoms with Gasteiger partial charge in [-0.15, -0.1) is 0 Å². The molecule has 0 aliphatic carbocycles. The number of H-pyrrole nitrogens is 1. The van der Waals surface area contributed by atoms with E-state index in [0.717, 1.165) is 22.2 Å². The van der Waals surface area contributed by atoms with Crippen LogP contribution in [0.15, 0.2) is 18.2 Å². The van der Waals surface area contributed by atoms with Gasteiger partial charge in [-0.05, 0) is 25.1 Å². The lowest BCUT2D eigenvalue weighted by molar-refractivity contribution is 1.07. The Labute approximate surface area is 96.0 Å². The zero-order chi connectivity index (χ0) is 12.0. The van der Waals surface area contributed by atoms with Crippen LogP contribution in [0.3, 0.4) is 0 Å². The summed E-state index contributed by atoms with van der Waals surface area (Å²) in [5, 5.41) is 8.24. The van der Waals surface area contributed by atoms with Crippen molar-refractivity contribution in [2.75, 3.05) is 6.54 Å². The van der Waals surface area contributed by atoms with Gasteiger partial charge in [0, 0.05) is 16.6 Å². The summed E-state index contributed by atoms with van der Waals surface area (Å²) < 4.78 is 0. The van der Waals surface area contributed by atoms with Crippen LogP contribution in [0, 0.1) is 18.8 Å². The number of hydrogen-bond donors (Lipinski definition) is 2. The third-order valence-electron chi connectivity index (χ3n) is 2.08.